The van der Waals surface area contributed by atoms with Gasteiger partial charge in [-0.25, -0.2) is 15.0 Å². The molecule has 0 N–H and O–H groups in total. The van der Waals surface area contributed by atoms with Crippen molar-refractivity contribution in [2.24, 2.45) is 9.98 Å². The van der Waals surface area contributed by atoms with Crippen LogP contribution in [0.5, 0.6) is 0 Å². The Labute approximate surface area is 186 Å². The van der Waals surface area contributed by atoms with Crippen LogP contribution in [-0.4, -0.2) is 29.0 Å². The number of nitrogens with zero attached hydrogens (tertiary/aromatic N) is 3. The standard InChI is InChI=1S/C27H23N3O2/c1-3-8-18-16(6-1)12-14-22-24(18)29-26(31-22)20-10-5-11-21(28-20)27-30-25-19-9-4-2-7-17(19)13-15-23(25)32-27/h1-11,22-25H,12-15H2/t22-,23-,24+,25+/m0/s1. The summed E-state index contributed by atoms with van der Waals surface area (Å²) < 4.78 is 12.5. The van der Waals surface area contributed by atoms with Crippen molar-refractivity contribution in [1.82, 2.24) is 4.98 Å². The number of aromatic nitrogens is 1. The Morgan fingerprint density at radius 1 is 0.594 bits per heavy atom. The molecule has 0 fully saturated rings. The number of fused-ring (bicyclic) bond motifs is 6. The first-order valence-electron chi connectivity index (χ1n) is 11.5. The fourth-order valence-corrected chi connectivity index (χ4v) is 5.49. The second-order valence-electron chi connectivity index (χ2n) is 8.95. The molecule has 7 rings (SSSR count). The quantitative estimate of drug-likeness (QED) is 0.600. The molecule has 32 heavy (non-hydrogen) atoms. The summed E-state index contributed by atoms with van der Waals surface area (Å²) in [5.74, 6) is 1.25. The minimum atomic E-state index is 0.0554. The highest BCUT2D eigenvalue weighted by molar-refractivity contribution is 5.97. The molecule has 4 atom stereocenters. The zero-order valence-electron chi connectivity index (χ0n) is 17.6. The van der Waals surface area contributed by atoms with Gasteiger partial charge in [-0.15, -0.1) is 0 Å². The molecule has 0 saturated carbocycles. The molecular formula is C27H23N3O2. The van der Waals surface area contributed by atoms with Crippen LogP contribution in [0.3, 0.4) is 0 Å². The van der Waals surface area contributed by atoms with Gasteiger partial charge in [-0.3, -0.25) is 0 Å². The van der Waals surface area contributed by atoms with Gasteiger partial charge >= 0.3 is 0 Å². The van der Waals surface area contributed by atoms with Crippen molar-refractivity contribution < 1.29 is 9.47 Å². The van der Waals surface area contributed by atoms with E-state index < -0.39 is 0 Å². The number of aliphatic imine (C=N–C) groups is 2. The maximum absolute atomic E-state index is 6.27. The van der Waals surface area contributed by atoms with Gasteiger partial charge in [0.2, 0.25) is 11.8 Å². The third-order valence-corrected chi connectivity index (χ3v) is 7.07. The van der Waals surface area contributed by atoms with Crippen LogP contribution in [0.25, 0.3) is 0 Å². The molecule has 2 aromatic carbocycles. The molecule has 2 aliphatic carbocycles. The zero-order chi connectivity index (χ0) is 21.1. The largest absolute Gasteiger partial charge is 0.470 e. The fraction of sp³-hybridized carbons (Fsp3) is 0.296. The lowest BCUT2D eigenvalue weighted by molar-refractivity contribution is 0.173. The van der Waals surface area contributed by atoms with Crippen LogP contribution in [0.1, 0.15) is 58.6 Å². The van der Waals surface area contributed by atoms with Crippen LogP contribution in [0.15, 0.2) is 76.7 Å². The first-order chi connectivity index (χ1) is 15.8. The summed E-state index contributed by atoms with van der Waals surface area (Å²) in [6.45, 7) is 0. The van der Waals surface area contributed by atoms with E-state index in [0.717, 1.165) is 37.1 Å². The second-order valence-corrected chi connectivity index (χ2v) is 8.95. The number of hydrogen-bond acceptors (Lipinski definition) is 5. The molecule has 0 bridgehead atoms. The molecule has 0 amide bonds. The van der Waals surface area contributed by atoms with Crippen LogP contribution < -0.4 is 0 Å². The number of benzene rings is 2. The van der Waals surface area contributed by atoms with E-state index in [1.54, 1.807) is 0 Å². The van der Waals surface area contributed by atoms with Gasteiger partial charge < -0.3 is 9.47 Å². The number of pyridine rings is 1. The Bertz CT molecular complexity index is 1190. The molecule has 5 nitrogen and oxygen atoms in total. The monoisotopic (exact) mass is 421 g/mol. The van der Waals surface area contributed by atoms with E-state index in [-0.39, 0.29) is 24.3 Å². The number of rotatable bonds is 2. The van der Waals surface area contributed by atoms with Crippen LogP contribution in [-0.2, 0) is 22.3 Å². The van der Waals surface area contributed by atoms with Crippen molar-refractivity contribution in [3.05, 3.63) is 100 Å². The van der Waals surface area contributed by atoms with Crippen LogP contribution in [0.4, 0.5) is 0 Å². The van der Waals surface area contributed by atoms with Gasteiger partial charge in [-0.1, -0.05) is 54.6 Å². The van der Waals surface area contributed by atoms with Crippen molar-refractivity contribution in [3.8, 4) is 0 Å². The minimum Gasteiger partial charge on any atom is -0.470 e. The van der Waals surface area contributed by atoms with E-state index in [9.17, 15) is 0 Å². The highest BCUT2D eigenvalue weighted by atomic mass is 16.5. The predicted molar refractivity (Wildman–Crippen MR) is 122 cm³/mol. The highest BCUT2D eigenvalue weighted by Gasteiger charge is 2.39. The molecule has 158 valence electrons. The summed E-state index contributed by atoms with van der Waals surface area (Å²) in [5.41, 5.74) is 6.80. The normalized spacial score (nSPS) is 27.1. The van der Waals surface area contributed by atoms with Crippen molar-refractivity contribution in [1.29, 1.82) is 0 Å². The summed E-state index contributed by atoms with van der Waals surface area (Å²) in [7, 11) is 0. The van der Waals surface area contributed by atoms with Gasteiger partial charge in [-0.2, -0.15) is 0 Å². The van der Waals surface area contributed by atoms with Gasteiger partial charge in [0.25, 0.3) is 0 Å². The highest BCUT2D eigenvalue weighted by Crippen LogP contribution is 2.40. The van der Waals surface area contributed by atoms with Gasteiger partial charge in [0, 0.05) is 0 Å². The van der Waals surface area contributed by atoms with E-state index in [1.807, 2.05) is 18.2 Å². The van der Waals surface area contributed by atoms with Gasteiger partial charge in [0.05, 0.1) is 0 Å². The molecule has 0 saturated heterocycles. The Kier molecular flexibility index (Phi) is 3.98. The topological polar surface area (TPSA) is 56.1 Å². The third-order valence-electron chi connectivity index (χ3n) is 7.07. The summed E-state index contributed by atoms with van der Waals surface area (Å²) in [6.07, 6.45) is 4.19. The molecule has 5 heteroatoms. The van der Waals surface area contributed by atoms with Crippen molar-refractivity contribution in [2.75, 3.05) is 0 Å². The fourth-order valence-electron chi connectivity index (χ4n) is 5.49. The molecule has 4 aliphatic rings. The molecular weight excluding hydrogens is 398 g/mol. The summed E-state index contributed by atoms with van der Waals surface area (Å²) in [5, 5.41) is 0. The molecule has 3 aromatic rings. The average Bonchev–Trinajstić information content (AvgIpc) is 3.49. The molecule has 1 aromatic heterocycles. The van der Waals surface area contributed by atoms with Crippen LogP contribution >= 0.6 is 0 Å². The molecule has 3 heterocycles. The van der Waals surface area contributed by atoms with E-state index >= 15 is 0 Å². The summed E-state index contributed by atoms with van der Waals surface area (Å²) in [6, 6.07) is 23.1. The molecule has 0 radical (unpaired) electrons. The van der Waals surface area contributed by atoms with Crippen LogP contribution in [0.2, 0.25) is 0 Å². The van der Waals surface area contributed by atoms with E-state index in [0.29, 0.717) is 11.8 Å². The Balaban J connectivity index is 1.20. The second kappa shape index (κ2) is 7.02. The Morgan fingerprint density at radius 2 is 1.09 bits per heavy atom. The van der Waals surface area contributed by atoms with E-state index in [2.05, 4.69) is 48.5 Å². The van der Waals surface area contributed by atoms with Crippen molar-refractivity contribution in [2.45, 2.75) is 50.0 Å². The zero-order valence-corrected chi connectivity index (χ0v) is 17.6. The lowest BCUT2D eigenvalue weighted by atomic mass is 9.86. The number of hydrogen-bond donors (Lipinski definition) is 0. The molecule has 2 aliphatic heterocycles. The maximum Gasteiger partial charge on any atom is 0.236 e. The Hall–Kier alpha value is -3.47. The van der Waals surface area contributed by atoms with E-state index in [4.69, 9.17) is 24.4 Å². The van der Waals surface area contributed by atoms with Gasteiger partial charge in [0.15, 0.2) is 0 Å². The minimum absolute atomic E-state index is 0.0554. The maximum atomic E-state index is 6.27. The SMILES string of the molecule is c1cc(C2=N[C@@H]3c4ccccc4CC[C@@H]3O2)nc(C2=N[C@@H]3c4ccccc4CC[C@@H]3O2)c1. The lowest BCUT2D eigenvalue weighted by Crippen LogP contribution is -2.24. The average molecular weight is 422 g/mol. The van der Waals surface area contributed by atoms with E-state index in [1.165, 1.54) is 22.3 Å². The lowest BCUT2D eigenvalue weighted by Gasteiger charge is -2.25. The third kappa shape index (κ3) is 2.80. The van der Waals surface area contributed by atoms with Crippen LogP contribution in [0, 0.1) is 0 Å². The summed E-state index contributed by atoms with van der Waals surface area (Å²) in [4.78, 5) is 14.7. The van der Waals surface area contributed by atoms with Gasteiger partial charge in [0.1, 0.15) is 35.7 Å². The predicted octanol–water partition coefficient (Wildman–Crippen LogP) is 4.75. The first-order valence-corrected chi connectivity index (χ1v) is 11.5. The summed E-state index contributed by atoms with van der Waals surface area (Å²) >= 11 is 0. The smallest absolute Gasteiger partial charge is 0.236 e. The Morgan fingerprint density at radius 3 is 1.62 bits per heavy atom. The van der Waals surface area contributed by atoms with Crippen molar-refractivity contribution in [3.63, 3.8) is 0 Å². The van der Waals surface area contributed by atoms with Gasteiger partial charge in [-0.05, 0) is 60.1 Å². The molecule has 0 spiro atoms. The number of aryl methyl sites for hydroxylation is 2. The number of ether oxygens (including phenoxy) is 2. The first kappa shape index (κ1) is 18.1. The van der Waals surface area contributed by atoms with Crippen molar-refractivity contribution >= 4 is 11.8 Å². The molecule has 0 unspecified atom stereocenters.